The van der Waals surface area contributed by atoms with Gasteiger partial charge in [0.2, 0.25) is 5.71 Å². The number of anilines is 1. The van der Waals surface area contributed by atoms with Gasteiger partial charge in [0.15, 0.2) is 0 Å². The number of aryl methyl sites for hydroxylation is 2. The van der Waals surface area contributed by atoms with Gasteiger partial charge in [-0.2, -0.15) is 0 Å². The van der Waals surface area contributed by atoms with Crippen LogP contribution >= 0.6 is 0 Å². The average molecular weight is 334 g/mol. The van der Waals surface area contributed by atoms with Crippen LogP contribution in [0.25, 0.3) is 11.1 Å². The molecule has 130 valence electrons. The highest BCUT2D eigenvalue weighted by atomic mass is 16.4. The van der Waals surface area contributed by atoms with Crippen molar-refractivity contribution in [2.75, 3.05) is 4.90 Å². The summed E-state index contributed by atoms with van der Waals surface area (Å²) in [6, 6.07) is 11.4. The molecule has 1 aliphatic heterocycles. The van der Waals surface area contributed by atoms with Crippen molar-refractivity contribution in [2.24, 2.45) is 7.05 Å². The minimum absolute atomic E-state index is 0.0259. The molecule has 1 spiro atoms. The largest absolute Gasteiger partial charge is 0.442 e. The topological polar surface area (TPSA) is 21.3 Å². The van der Waals surface area contributed by atoms with Crippen LogP contribution in [0.5, 0.6) is 0 Å². The summed E-state index contributed by atoms with van der Waals surface area (Å²) in [6.45, 7) is 4.59. The Bertz CT molecular complexity index is 942. The Balaban J connectivity index is 1.78. The van der Waals surface area contributed by atoms with Crippen LogP contribution in [0.1, 0.15) is 62.0 Å². The number of hydrogen-bond donors (Lipinski definition) is 0. The number of fused-ring (bicyclic) bond motifs is 4. The molecule has 2 aromatic heterocycles. The van der Waals surface area contributed by atoms with E-state index in [4.69, 9.17) is 4.42 Å². The quantitative estimate of drug-likeness (QED) is 0.559. The van der Waals surface area contributed by atoms with Crippen molar-refractivity contribution in [3.63, 3.8) is 0 Å². The fourth-order valence-electron chi connectivity index (χ4n) is 5.37. The van der Waals surface area contributed by atoms with Crippen LogP contribution < -0.4 is 4.90 Å². The lowest BCUT2D eigenvalue weighted by Crippen LogP contribution is -2.44. The van der Waals surface area contributed by atoms with Crippen LogP contribution in [0.3, 0.4) is 0 Å². The Hall–Kier alpha value is -2.16. The first kappa shape index (κ1) is 15.1. The van der Waals surface area contributed by atoms with E-state index in [1.54, 1.807) is 0 Å². The highest BCUT2D eigenvalue weighted by Crippen LogP contribution is 2.58. The van der Waals surface area contributed by atoms with Crippen molar-refractivity contribution < 1.29 is 4.42 Å². The van der Waals surface area contributed by atoms with E-state index in [9.17, 15) is 0 Å². The van der Waals surface area contributed by atoms with Crippen molar-refractivity contribution in [2.45, 2.75) is 57.5 Å². The molecule has 25 heavy (non-hydrogen) atoms. The molecule has 1 atom stereocenters. The zero-order chi connectivity index (χ0) is 17.2. The maximum absolute atomic E-state index is 6.56. The highest BCUT2D eigenvalue weighted by Gasteiger charge is 2.53. The van der Waals surface area contributed by atoms with E-state index in [1.807, 2.05) is 0 Å². The second-order valence-corrected chi connectivity index (χ2v) is 7.92. The zero-order valence-corrected chi connectivity index (χ0v) is 15.4. The molecule has 3 nitrogen and oxygen atoms in total. The molecule has 0 amide bonds. The average Bonchev–Trinajstić information content (AvgIpc) is 3.23. The van der Waals surface area contributed by atoms with Crippen LogP contribution in [0.4, 0.5) is 5.69 Å². The number of hydrogen-bond acceptors (Lipinski definition) is 2. The molecule has 5 rings (SSSR count). The van der Waals surface area contributed by atoms with E-state index in [1.165, 1.54) is 60.1 Å². The molecule has 1 aliphatic carbocycles. The molecule has 1 fully saturated rings. The number of rotatable bonds is 1. The Morgan fingerprint density at radius 3 is 2.60 bits per heavy atom. The summed E-state index contributed by atoms with van der Waals surface area (Å²) >= 11 is 0. The van der Waals surface area contributed by atoms with E-state index in [2.05, 4.69) is 66.9 Å². The van der Waals surface area contributed by atoms with Crippen molar-refractivity contribution in [3.8, 4) is 0 Å². The molecule has 3 aromatic rings. The monoisotopic (exact) mass is 334 g/mol. The summed E-state index contributed by atoms with van der Waals surface area (Å²) in [6.07, 6.45) is 8.41. The second kappa shape index (κ2) is 5.17. The van der Waals surface area contributed by atoms with Gasteiger partial charge in [0, 0.05) is 29.9 Å². The molecule has 3 heterocycles. The predicted molar refractivity (Wildman–Crippen MR) is 102 cm³/mol. The van der Waals surface area contributed by atoms with E-state index in [-0.39, 0.29) is 5.54 Å². The normalized spacial score (nSPS) is 22.0. The van der Waals surface area contributed by atoms with Gasteiger partial charge in [0.1, 0.15) is 5.76 Å². The third-order valence-electron chi connectivity index (χ3n) is 6.49. The van der Waals surface area contributed by atoms with Gasteiger partial charge in [-0.05, 0) is 44.4 Å². The van der Waals surface area contributed by atoms with Crippen molar-refractivity contribution in [1.82, 2.24) is 4.57 Å². The van der Waals surface area contributed by atoms with Crippen LogP contribution in [0.2, 0.25) is 0 Å². The van der Waals surface area contributed by atoms with Gasteiger partial charge in [-0.15, -0.1) is 0 Å². The number of furan rings is 1. The minimum Gasteiger partial charge on any atom is -0.442 e. The number of aromatic nitrogens is 1. The highest BCUT2D eigenvalue weighted by molar-refractivity contribution is 5.84. The SMILES string of the molecule is Cc1ccccc1N1[C@@H](C)c2c(oc3c2ccn3C)C12CCCCC2. The lowest BCUT2D eigenvalue weighted by molar-refractivity contribution is 0.246. The maximum Gasteiger partial charge on any atom is 0.207 e. The first-order valence-electron chi connectivity index (χ1n) is 9.57. The van der Waals surface area contributed by atoms with E-state index in [0.717, 1.165) is 5.71 Å². The third kappa shape index (κ3) is 1.87. The Labute approximate surface area is 149 Å². The fraction of sp³-hybridized carbons (Fsp3) is 0.455. The third-order valence-corrected chi connectivity index (χ3v) is 6.49. The molecule has 3 heteroatoms. The standard InChI is InChI=1S/C22H26N2O/c1-15-9-5-6-10-18(15)24-16(2)19-17-11-14-23(3)21(17)25-20(19)22(24)12-7-4-8-13-22/h5-6,9-11,14,16H,4,7-8,12-13H2,1-3H3/t16-/m0/s1. The molecule has 2 aliphatic rings. The van der Waals surface area contributed by atoms with E-state index < -0.39 is 0 Å². The van der Waals surface area contributed by atoms with Gasteiger partial charge in [0.05, 0.1) is 11.6 Å². The second-order valence-electron chi connectivity index (χ2n) is 7.92. The van der Waals surface area contributed by atoms with Gasteiger partial charge in [-0.25, -0.2) is 0 Å². The van der Waals surface area contributed by atoms with Crippen molar-refractivity contribution in [3.05, 3.63) is 53.4 Å². The van der Waals surface area contributed by atoms with Gasteiger partial charge in [-0.3, -0.25) is 0 Å². The summed E-state index contributed by atoms with van der Waals surface area (Å²) in [7, 11) is 2.08. The number of nitrogens with zero attached hydrogens (tertiary/aromatic N) is 2. The molecule has 1 saturated carbocycles. The Morgan fingerprint density at radius 2 is 1.84 bits per heavy atom. The first-order chi connectivity index (χ1) is 12.1. The van der Waals surface area contributed by atoms with Crippen LogP contribution in [0, 0.1) is 6.92 Å². The summed E-state index contributed by atoms with van der Waals surface area (Å²) in [5.74, 6) is 1.24. The molecule has 0 saturated heterocycles. The lowest BCUT2D eigenvalue weighted by atomic mass is 9.79. The van der Waals surface area contributed by atoms with Gasteiger partial charge < -0.3 is 13.9 Å². The summed E-state index contributed by atoms with van der Waals surface area (Å²) < 4.78 is 8.68. The lowest BCUT2D eigenvalue weighted by Gasteiger charge is -2.45. The predicted octanol–water partition coefficient (Wildman–Crippen LogP) is 5.82. The Morgan fingerprint density at radius 1 is 1.08 bits per heavy atom. The zero-order valence-electron chi connectivity index (χ0n) is 15.4. The summed E-state index contributed by atoms with van der Waals surface area (Å²) in [5, 5.41) is 1.30. The summed E-state index contributed by atoms with van der Waals surface area (Å²) in [5.41, 5.74) is 5.20. The van der Waals surface area contributed by atoms with Crippen LogP contribution in [0.15, 0.2) is 40.9 Å². The van der Waals surface area contributed by atoms with Crippen molar-refractivity contribution >= 4 is 16.8 Å². The smallest absolute Gasteiger partial charge is 0.207 e. The van der Waals surface area contributed by atoms with Crippen LogP contribution in [-0.4, -0.2) is 4.57 Å². The number of benzene rings is 1. The molecule has 0 N–H and O–H groups in total. The maximum atomic E-state index is 6.56. The summed E-state index contributed by atoms with van der Waals surface area (Å²) in [4.78, 5) is 2.68. The first-order valence-corrected chi connectivity index (χ1v) is 9.57. The molecule has 0 unspecified atom stereocenters. The molecule has 0 radical (unpaired) electrons. The number of para-hydroxylation sites is 1. The van der Waals surface area contributed by atoms with Gasteiger partial charge in [-0.1, -0.05) is 37.5 Å². The molecule has 0 bridgehead atoms. The molecular formula is C22H26N2O. The van der Waals surface area contributed by atoms with Gasteiger partial charge >= 0.3 is 0 Å². The molecule has 1 aromatic carbocycles. The van der Waals surface area contributed by atoms with E-state index >= 15 is 0 Å². The van der Waals surface area contributed by atoms with E-state index in [0.29, 0.717) is 6.04 Å². The Kier molecular flexibility index (Phi) is 3.13. The molecular weight excluding hydrogens is 308 g/mol. The van der Waals surface area contributed by atoms with Crippen molar-refractivity contribution in [1.29, 1.82) is 0 Å². The fourth-order valence-corrected chi connectivity index (χ4v) is 5.37. The minimum atomic E-state index is 0.0259. The van der Waals surface area contributed by atoms with Gasteiger partial charge in [0.25, 0.3) is 0 Å². The van der Waals surface area contributed by atoms with Crippen LogP contribution in [-0.2, 0) is 12.6 Å².